The van der Waals surface area contributed by atoms with Crippen molar-refractivity contribution in [3.8, 4) is 0 Å². The lowest BCUT2D eigenvalue weighted by atomic mass is 10.1. The number of imide groups is 1. The first kappa shape index (κ1) is 22.0. The average Bonchev–Trinajstić information content (AvgIpc) is 3.46. The fourth-order valence-electron chi connectivity index (χ4n) is 4.59. The molecule has 2 aliphatic rings. The van der Waals surface area contributed by atoms with Gasteiger partial charge in [0.15, 0.2) is 0 Å². The Hall–Kier alpha value is -3.85. The van der Waals surface area contributed by atoms with Gasteiger partial charge in [0.05, 0.1) is 35.3 Å². The summed E-state index contributed by atoms with van der Waals surface area (Å²) >= 11 is 0. The number of carbonyl (C=O) groups is 3. The minimum atomic E-state index is -0.477. The van der Waals surface area contributed by atoms with E-state index in [9.17, 15) is 19.2 Å². The number of nitrogens with one attached hydrogen (secondary N) is 1. The van der Waals surface area contributed by atoms with E-state index < -0.39 is 17.7 Å². The molecule has 9 nitrogen and oxygen atoms in total. The molecule has 0 saturated carbocycles. The van der Waals surface area contributed by atoms with Crippen LogP contribution in [-0.2, 0) is 17.9 Å². The van der Waals surface area contributed by atoms with E-state index in [0.717, 1.165) is 24.5 Å². The first-order valence-corrected chi connectivity index (χ1v) is 11.5. The van der Waals surface area contributed by atoms with Gasteiger partial charge in [-0.2, -0.15) is 5.10 Å². The fraction of sp³-hybridized carbons (Fsp3) is 0.320. The van der Waals surface area contributed by atoms with E-state index in [0.29, 0.717) is 34.1 Å². The maximum Gasteiger partial charge on any atom is 0.274 e. The number of fused-ring (bicyclic) bond motifs is 2. The lowest BCUT2D eigenvalue weighted by Crippen LogP contribution is -2.40. The summed E-state index contributed by atoms with van der Waals surface area (Å²) in [6, 6.07) is 13.7. The van der Waals surface area contributed by atoms with E-state index in [1.165, 1.54) is 17.5 Å². The Labute approximate surface area is 196 Å². The summed E-state index contributed by atoms with van der Waals surface area (Å²) < 4.78 is 1.46. The summed E-state index contributed by atoms with van der Waals surface area (Å²) in [7, 11) is 0. The van der Waals surface area contributed by atoms with Crippen LogP contribution in [0, 0.1) is 0 Å². The van der Waals surface area contributed by atoms with Gasteiger partial charge in [0.25, 0.3) is 17.4 Å². The first-order chi connectivity index (χ1) is 16.5. The molecule has 5 rings (SSSR count). The number of amides is 3. The van der Waals surface area contributed by atoms with Crippen molar-refractivity contribution < 1.29 is 14.4 Å². The Morgan fingerprint density at radius 3 is 2.15 bits per heavy atom. The molecule has 3 heterocycles. The molecule has 3 aromatic rings. The van der Waals surface area contributed by atoms with Gasteiger partial charge in [-0.05, 0) is 44.1 Å². The second kappa shape index (κ2) is 9.18. The Morgan fingerprint density at radius 2 is 1.47 bits per heavy atom. The first-order valence-electron chi connectivity index (χ1n) is 11.5. The summed E-state index contributed by atoms with van der Waals surface area (Å²) in [5, 5.41) is 8.52. The fourth-order valence-corrected chi connectivity index (χ4v) is 4.59. The zero-order valence-electron chi connectivity index (χ0n) is 18.7. The van der Waals surface area contributed by atoms with E-state index >= 15 is 0 Å². The van der Waals surface area contributed by atoms with Gasteiger partial charge in [-0.1, -0.05) is 30.3 Å². The number of likely N-dealkylation sites (tertiary alicyclic amines) is 1. The van der Waals surface area contributed by atoms with Crippen molar-refractivity contribution >= 4 is 28.5 Å². The maximum absolute atomic E-state index is 12.9. The molecule has 3 amide bonds. The standard InChI is InChI=1S/C25H25N5O4/c31-22(16-29-23(32)19-9-3-4-10-20(19)24(29)33)26-15-21-17-7-1-2-8-18(17)25(34)30(27-21)14-13-28-11-5-6-12-28/h1-4,7-10H,5-6,11-16H2,(H,26,31). The monoisotopic (exact) mass is 459 g/mol. The van der Waals surface area contributed by atoms with Crippen LogP contribution in [-0.4, -0.2) is 63.5 Å². The number of nitrogens with zero attached hydrogens (tertiary/aromatic N) is 4. The van der Waals surface area contributed by atoms with Gasteiger partial charge in [0.1, 0.15) is 6.54 Å². The van der Waals surface area contributed by atoms with Crippen LogP contribution in [0.4, 0.5) is 0 Å². The van der Waals surface area contributed by atoms with Crippen LogP contribution < -0.4 is 10.9 Å². The Balaban J connectivity index is 1.31. The molecule has 2 aromatic carbocycles. The van der Waals surface area contributed by atoms with Gasteiger partial charge >= 0.3 is 0 Å². The van der Waals surface area contributed by atoms with Crippen LogP contribution in [0.25, 0.3) is 10.8 Å². The van der Waals surface area contributed by atoms with E-state index in [1.54, 1.807) is 42.5 Å². The lowest BCUT2D eigenvalue weighted by Gasteiger charge is -2.17. The van der Waals surface area contributed by atoms with Crippen molar-refractivity contribution in [3.05, 3.63) is 75.7 Å². The highest BCUT2D eigenvalue weighted by atomic mass is 16.2. The van der Waals surface area contributed by atoms with Crippen LogP contribution in [0.15, 0.2) is 53.3 Å². The molecule has 2 aliphatic heterocycles. The number of carbonyl (C=O) groups excluding carboxylic acids is 3. The minimum absolute atomic E-state index is 0.0759. The van der Waals surface area contributed by atoms with Gasteiger partial charge in [0.2, 0.25) is 5.91 Å². The minimum Gasteiger partial charge on any atom is -0.349 e. The normalized spacial score (nSPS) is 15.8. The van der Waals surface area contributed by atoms with Gasteiger partial charge in [-0.15, -0.1) is 0 Å². The van der Waals surface area contributed by atoms with Crippen molar-refractivity contribution in [2.45, 2.75) is 25.9 Å². The highest BCUT2D eigenvalue weighted by molar-refractivity contribution is 6.22. The third-order valence-electron chi connectivity index (χ3n) is 6.40. The zero-order chi connectivity index (χ0) is 23.7. The van der Waals surface area contributed by atoms with E-state index in [-0.39, 0.29) is 18.6 Å². The largest absolute Gasteiger partial charge is 0.349 e. The number of hydrogen-bond donors (Lipinski definition) is 1. The Bertz CT molecular complexity index is 1310. The lowest BCUT2D eigenvalue weighted by molar-refractivity contribution is -0.121. The van der Waals surface area contributed by atoms with Gasteiger partial charge in [0, 0.05) is 11.9 Å². The zero-order valence-corrected chi connectivity index (χ0v) is 18.7. The molecule has 0 atom stereocenters. The smallest absolute Gasteiger partial charge is 0.274 e. The molecular weight excluding hydrogens is 434 g/mol. The summed E-state index contributed by atoms with van der Waals surface area (Å²) in [5.74, 6) is -1.43. The van der Waals surface area contributed by atoms with Crippen LogP contribution in [0.2, 0.25) is 0 Å². The van der Waals surface area contributed by atoms with Gasteiger partial charge in [-0.25, -0.2) is 4.68 Å². The summed E-state index contributed by atoms with van der Waals surface area (Å²) in [4.78, 5) is 53.9. The van der Waals surface area contributed by atoms with Crippen molar-refractivity contribution in [2.24, 2.45) is 0 Å². The molecule has 0 unspecified atom stereocenters. The third kappa shape index (κ3) is 4.10. The topological polar surface area (TPSA) is 105 Å². The van der Waals surface area contributed by atoms with Crippen LogP contribution >= 0.6 is 0 Å². The summed E-state index contributed by atoms with van der Waals surface area (Å²) in [5.41, 5.74) is 1.01. The maximum atomic E-state index is 12.9. The average molecular weight is 460 g/mol. The Morgan fingerprint density at radius 1 is 0.853 bits per heavy atom. The van der Waals surface area contributed by atoms with Gasteiger partial charge < -0.3 is 10.2 Å². The second-order valence-corrected chi connectivity index (χ2v) is 8.59. The molecule has 1 N–H and O–H groups in total. The number of aromatic nitrogens is 2. The van der Waals surface area contributed by atoms with Crippen LogP contribution in [0.3, 0.4) is 0 Å². The summed E-state index contributed by atoms with van der Waals surface area (Å²) in [6.45, 7) is 2.98. The molecule has 0 aliphatic carbocycles. The molecule has 174 valence electrons. The molecule has 0 spiro atoms. The molecule has 1 fully saturated rings. The van der Waals surface area contributed by atoms with Crippen LogP contribution in [0.5, 0.6) is 0 Å². The van der Waals surface area contributed by atoms with Crippen molar-refractivity contribution in [1.29, 1.82) is 0 Å². The molecule has 9 heteroatoms. The summed E-state index contributed by atoms with van der Waals surface area (Å²) in [6.07, 6.45) is 2.34. The predicted molar refractivity (Wildman–Crippen MR) is 125 cm³/mol. The second-order valence-electron chi connectivity index (χ2n) is 8.59. The van der Waals surface area contributed by atoms with Crippen molar-refractivity contribution in [1.82, 2.24) is 24.9 Å². The number of benzene rings is 2. The molecule has 1 aromatic heterocycles. The predicted octanol–water partition coefficient (Wildman–Crippen LogP) is 1.40. The molecular formula is C25H25N5O4. The number of rotatable bonds is 7. The number of hydrogen-bond acceptors (Lipinski definition) is 6. The van der Waals surface area contributed by atoms with Crippen LogP contribution in [0.1, 0.15) is 39.3 Å². The molecule has 1 saturated heterocycles. The van der Waals surface area contributed by atoms with Gasteiger partial charge in [-0.3, -0.25) is 24.1 Å². The quantitative estimate of drug-likeness (QED) is 0.536. The Kier molecular flexibility index (Phi) is 5.93. The van der Waals surface area contributed by atoms with E-state index in [4.69, 9.17) is 0 Å². The molecule has 0 bridgehead atoms. The van der Waals surface area contributed by atoms with E-state index in [2.05, 4.69) is 15.3 Å². The van der Waals surface area contributed by atoms with Crippen molar-refractivity contribution in [2.75, 3.05) is 26.2 Å². The highest BCUT2D eigenvalue weighted by Crippen LogP contribution is 2.22. The SMILES string of the molecule is O=C(CN1C(=O)c2ccccc2C1=O)NCc1nn(CCN2CCCC2)c(=O)c2ccccc12. The molecule has 34 heavy (non-hydrogen) atoms. The third-order valence-corrected chi connectivity index (χ3v) is 6.40. The van der Waals surface area contributed by atoms with E-state index in [1.807, 2.05) is 6.07 Å². The highest BCUT2D eigenvalue weighted by Gasteiger charge is 2.36. The van der Waals surface area contributed by atoms with Crippen molar-refractivity contribution in [3.63, 3.8) is 0 Å². The molecule has 0 radical (unpaired) electrons.